The van der Waals surface area contributed by atoms with Crippen LogP contribution in [0.1, 0.15) is 28.7 Å². The van der Waals surface area contributed by atoms with Crippen molar-refractivity contribution < 1.29 is 13.2 Å². The van der Waals surface area contributed by atoms with E-state index < -0.39 is 17.7 Å². The zero-order valence-corrected chi connectivity index (χ0v) is 11.6. The van der Waals surface area contributed by atoms with Crippen LogP contribution in [-0.2, 0) is 0 Å². The van der Waals surface area contributed by atoms with Crippen LogP contribution in [0, 0.1) is 25.5 Å². The lowest BCUT2D eigenvalue weighted by Gasteiger charge is -2.17. The molecule has 1 unspecified atom stereocenters. The Morgan fingerprint density at radius 3 is 2.32 bits per heavy atom. The molecule has 0 spiro atoms. The van der Waals surface area contributed by atoms with Gasteiger partial charge in [0.25, 0.3) is 0 Å². The molecule has 2 nitrogen and oxygen atoms in total. The monoisotopic (exact) mass is 285 g/mol. The second kappa shape index (κ2) is 5.31. The highest BCUT2D eigenvalue weighted by molar-refractivity contribution is 6.30. The van der Waals surface area contributed by atoms with E-state index in [-0.39, 0.29) is 10.6 Å². The number of hydrogen-bond donors (Lipinski definition) is 1. The molecule has 0 aliphatic rings. The number of halogens is 3. The normalized spacial score (nSPS) is 12.7. The first-order chi connectivity index (χ1) is 8.93. The highest BCUT2D eigenvalue weighted by Gasteiger charge is 2.22. The van der Waals surface area contributed by atoms with E-state index in [1.165, 1.54) is 0 Å². The Bertz CT molecular complexity index is 610. The van der Waals surface area contributed by atoms with E-state index in [4.69, 9.17) is 16.0 Å². The topological polar surface area (TPSA) is 25.2 Å². The van der Waals surface area contributed by atoms with Gasteiger partial charge in [0.2, 0.25) is 0 Å². The smallest absolute Gasteiger partial charge is 0.142 e. The highest BCUT2D eigenvalue weighted by atomic mass is 35.5. The molecule has 5 heteroatoms. The highest BCUT2D eigenvalue weighted by Crippen LogP contribution is 2.31. The Balaban J connectivity index is 2.54. The summed E-state index contributed by atoms with van der Waals surface area (Å²) in [5.41, 5.74) is 0.980. The maximum absolute atomic E-state index is 14.0. The third-order valence-corrected chi connectivity index (χ3v) is 3.32. The molecule has 0 amide bonds. The van der Waals surface area contributed by atoms with Crippen molar-refractivity contribution in [3.8, 4) is 0 Å². The summed E-state index contributed by atoms with van der Waals surface area (Å²) in [6.07, 6.45) is 0. The van der Waals surface area contributed by atoms with Crippen LogP contribution >= 0.6 is 11.6 Å². The molecule has 2 aromatic rings. The molecule has 1 aromatic carbocycles. The average molecular weight is 286 g/mol. The molecule has 102 valence electrons. The third-order valence-electron chi connectivity index (χ3n) is 3.03. The van der Waals surface area contributed by atoms with E-state index in [9.17, 15) is 8.78 Å². The van der Waals surface area contributed by atoms with Crippen molar-refractivity contribution in [3.63, 3.8) is 0 Å². The maximum Gasteiger partial charge on any atom is 0.142 e. The van der Waals surface area contributed by atoms with Gasteiger partial charge in [0.15, 0.2) is 0 Å². The molecular formula is C14H14ClF2NO. The molecular weight excluding hydrogens is 272 g/mol. The molecule has 0 saturated heterocycles. The molecule has 1 heterocycles. The number of hydrogen-bond acceptors (Lipinski definition) is 2. The first kappa shape index (κ1) is 14.0. The summed E-state index contributed by atoms with van der Waals surface area (Å²) in [6.45, 7) is 3.60. The number of benzene rings is 1. The predicted octanol–water partition coefficient (Wildman–Crippen LogP) is 4.14. The van der Waals surface area contributed by atoms with Gasteiger partial charge in [-0.2, -0.15) is 0 Å². The van der Waals surface area contributed by atoms with E-state index in [0.29, 0.717) is 5.76 Å². The van der Waals surface area contributed by atoms with Crippen LogP contribution in [0.15, 0.2) is 22.6 Å². The molecule has 1 N–H and O–H groups in total. The van der Waals surface area contributed by atoms with E-state index >= 15 is 0 Å². The van der Waals surface area contributed by atoms with Crippen LogP contribution in [0.25, 0.3) is 0 Å². The van der Waals surface area contributed by atoms with Gasteiger partial charge in [0.05, 0.1) is 11.1 Å². The maximum atomic E-state index is 14.0. The lowest BCUT2D eigenvalue weighted by atomic mass is 9.98. The van der Waals surface area contributed by atoms with Crippen molar-refractivity contribution in [2.24, 2.45) is 0 Å². The lowest BCUT2D eigenvalue weighted by molar-refractivity contribution is 0.494. The summed E-state index contributed by atoms with van der Waals surface area (Å²) in [4.78, 5) is 0. The molecule has 0 saturated carbocycles. The second-order valence-electron chi connectivity index (χ2n) is 4.38. The van der Waals surface area contributed by atoms with E-state index in [2.05, 4.69) is 5.32 Å². The van der Waals surface area contributed by atoms with E-state index in [1.807, 2.05) is 13.0 Å². The summed E-state index contributed by atoms with van der Waals surface area (Å²) in [7, 11) is 1.68. The van der Waals surface area contributed by atoms with Crippen molar-refractivity contribution in [2.75, 3.05) is 7.05 Å². The van der Waals surface area contributed by atoms with Gasteiger partial charge >= 0.3 is 0 Å². The van der Waals surface area contributed by atoms with Gasteiger partial charge in [-0.1, -0.05) is 11.6 Å². The number of nitrogens with one attached hydrogen (secondary N) is 1. The molecule has 1 aromatic heterocycles. The Morgan fingerprint density at radius 2 is 1.79 bits per heavy atom. The van der Waals surface area contributed by atoms with Gasteiger partial charge in [-0.05, 0) is 39.1 Å². The second-order valence-corrected chi connectivity index (χ2v) is 4.79. The van der Waals surface area contributed by atoms with Gasteiger partial charge < -0.3 is 9.73 Å². The minimum atomic E-state index is -0.642. The Morgan fingerprint density at radius 1 is 1.11 bits per heavy atom. The summed E-state index contributed by atoms with van der Waals surface area (Å²) in [6, 6.07) is 3.42. The van der Waals surface area contributed by atoms with Crippen molar-refractivity contribution in [2.45, 2.75) is 19.9 Å². The lowest BCUT2D eigenvalue weighted by Crippen LogP contribution is -2.19. The van der Waals surface area contributed by atoms with Crippen LogP contribution in [-0.4, -0.2) is 7.05 Å². The van der Waals surface area contributed by atoms with E-state index in [0.717, 1.165) is 23.5 Å². The largest absolute Gasteiger partial charge is 0.466 e. The number of aryl methyl sites for hydroxylation is 2. The minimum Gasteiger partial charge on any atom is -0.466 e. The van der Waals surface area contributed by atoms with Crippen molar-refractivity contribution >= 4 is 11.6 Å². The Labute approximate surface area is 115 Å². The summed E-state index contributed by atoms with van der Waals surface area (Å²) in [5.74, 6) is 0.203. The molecule has 19 heavy (non-hydrogen) atoms. The van der Waals surface area contributed by atoms with Crippen LogP contribution in [0.3, 0.4) is 0 Å². The average Bonchev–Trinajstić information content (AvgIpc) is 2.66. The minimum absolute atomic E-state index is 0.202. The Hall–Kier alpha value is -1.39. The molecule has 1 atom stereocenters. The standard InChI is InChI=1S/C14H14ClF2NO/c1-7-4-9(8(2)19-7)14(18-3)10-5-13(17)11(15)6-12(10)16/h4-6,14,18H,1-3H3. The molecule has 0 aliphatic heterocycles. The zero-order chi connectivity index (χ0) is 14.2. The molecule has 0 bridgehead atoms. The van der Waals surface area contributed by atoms with Gasteiger partial charge in [-0.3, -0.25) is 0 Å². The van der Waals surface area contributed by atoms with E-state index in [1.54, 1.807) is 14.0 Å². The Kier molecular flexibility index (Phi) is 3.92. The van der Waals surface area contributed by atoms with Gasteiger partial charge in [0, 0.05) is 11.1 Å². The first-order valence-electron chi connectivity index (χ1n) is 5.82. The van der Waals surface area contributed by atoms with Crippen LogP contribution in [0.2, 0.25) is 5.02 Å². The zero-order valence-electron chi connectivity index (χ0n) is 10.9. The predicted molar refractivity (Wildman–Crippen MR) is 70.5 cm³/mol. The summed E-state index contributed by atoms with van der Waals surface area (Å²) >= 11 is 5.56. The fourth-order valence-corrected chi connectivity index (χ4v) is 2.33. The molecule has 0 radical (unpaired) electrons. The molecule has 0 aliphatic carbocycles. The van der Waals surface area contributed by atoms with Gasteiger partial charge in [0.1, 0.15) is 23.2 Å². The summed E-state index contributed by atoms with van der Waals surface area (Å²) < 4.78 is 32.9. The first-order valence-corrected chi connectivity index (χ1v) is 6.20. The molecule has 0 fully saturated rings. The fraction of sp³-hybridized carbons (Fsp3) is 0.286. The third kappa shape index (κ3) is 2.65. The number of furan rings is 1. The van der Waals surface area contributed by atoms with Crippen LogP contribution in [0.4, 0.5) is 8.78 Å². The fourth-order valence-electron chi connectivity index (χ4n) is 2.17. The quantitative estimate of drug-likeness (QED) is 0.858. The van der Waals surface area contributed by atoms with Crippen LogP contribution in [0.5, 0.6) is 0 Å². The van der Waals surface area contributed by atoms with Gasteiger partial charge in [-0.15, -0.1) is 0 Å². The number of rotatable bonds is 3. The van der Waals surface area contributed by atoms with Crippen molar-refractivity contribution in [1.82, 2.24) is 5.32 Å². The van der Waals surface area contributed by atoms with Crippen molar-refractivity contribution in [1.29, 1.82) is 0 Å². The van der Waals surface area contributed by atoms with Gasteiger partial charge in [-0.25, -0.2) is 8.78 Å². The van der Waals surface area contributed by atoms with Crippen molar-refractivity contribution in [3.05, 3.63) is 57.5 Å². The summed E-state index contributed by atoms with van der Waals surface area (Å²) in [5, 5.41) is 2.74. The van der Waals surface area contributed by atoms with Crippen LogP contribution < -0.4 is 5.32 Å². The molecule has 2 rings (SSSR count). The SMILES string of the molecule is CNC(c1cc(F)c(Cl)cc1F)c1cc(C)oc1C.